The Balaban J connectivity index is 2.96. The second-order valence-corrected chi connectivity index (χ2v) is 17.8. The fraction of sp³-hybridized carbons (Fsp3) is 0.667. The van der Waals surface area contributed by atoms with Gasteiger partial charge < -0.3 is 0 Å². The Labute approximate surface area is 65.3 Å². The summed E-state index contributed by atoms with van der Waals surface area (Å²) in [5.74, 6) is 0. The van der Waals surface area contributed by atoms with Crippen LogP contribution in [0.25, 0.3) is 0 Å². The molecule has 0 bridgehead atoms. The summed E-state index contributed by atoms with van der Waals surface area (Å²) in [6.45, 7) is 0. The molecule has 56 valence electrons. The Morgan fingerprint density at radius 2 is 2.00 bits per heavy atom. The molecule has 0 unspecified atom stereocenters. The normalized spacial score (nSPS) is 12.0. The Morgan fingerprint density at radius 1 is 1.40 bits per heavy atom. The van der Waals surface area contributed by atoms with Crippen molar-refractivity contribution in [1.82, 2.24) is 15.0 Å². The number of rotatable bonds is 1. The van der Waals surface area contributed by atoms with Gasteiger partial charge in [-0.1, -0.05) is 0 Å². The Morgan fingerprint density at radius 3 is 2.20 bits per heavy atom. The summed E-state index contributed by atoms with van der Waals surface area (Å²) in [5.41, 5.74) is 0. The van der Waals surface area contributed by atoms with Gasteiger partial charge in [-0.15, -0.1) is 0 Å². The molecule has 0 radical (unpaired) electrons. The van der Waals surface area contributed by atoms with E-state index in [1.54, 1.807) is 4.68 Å². The van der Waals surface area contributed by atoms with E-state index in [0.717, 1.165) is 0 Å². The first kappa shape index (κ1) is 8.04. The van der Waals surface area contributed by atoms with Gasteiger partial charge in [0.2, 0.25) is 0 Å². The van der Waals surface area contributed by atoms with E-state index in [-0.39, 0.29) is 0 Å². The van der Waals surface area contributed by atoms with Crippen LogP contribution in [0.4, 0.5) is 0 Å². The summed E-state index contributed by atoms with van der Waals surface area (Å²) < 4.78 is 3.02. The van der Waals surface area contributed by atoms with E-state index in [1.165, 1.54) is 3.71 Å². The molecule has 10 heavy (non-hydrogen) atoms. The molecule has 1 aromatic rings. The zero-order chi connectivity index (χ0) is 7.78. The third-order valence-corrected chi connectivity index (χ3v) is 6.41. The summed E-state index contributed by atoms with van der Waals surface area (Å²) in [6, 6.07) is 0. The van der Waals surface area contributed by atoms with Crippen LogP contribution in [0.2, 0.25) is 14.8 Å². The molecule has 0 saturated carbocycles. The molecule has 4 heteroatoms. The third kappa shape index (κ3) is 1.71. The molecule has 3 nitrogen and oxygen atoms in total. The molecule has 0 aliphatic carbocycles. The Kier molecular flexibility index (Phi) is 2.03. The number of hydrogen-bond donors (Lipinski definition) is 0. The van der Waals surface area contributed by atoms with Gasteiger partial charge >= 0.3 is 65.1 Å². The monoisotopic (exact) mass is 247 g/mol. The predicted octanol–water partition coefficient (Wildman–Crippen LogP) is 0.360. The van der Waals surface area contributed by atoms with Crippen molar-refractivity contribution in [3.05, 3.63) is 6.20 Å². The maximum absolute atomic E-state index is 4.09. The van der Waals surface area contributed by atoms with Crippen LogP contribution in [0.3, 0.4) is 0 Å². The summed E-state index contributed by atoms with van der Waals surface area (Å²) in [6.07, 6.45) is 2.04. The summed E-state index contributed by atoms with van der Waals surface area (Å²) >= 11 is -1.89. The van der Waals surface area contributed by atoms with Crippen molar-refractivity contribution in [2.24, 2.45) is 7.05 Å². The van der Waals surface area contributed by atoms with E-state index in [2.05, 4.69) is 25.1 Å². The van der Waals surface area contributed by atoms with Crippen LogP contribution < -0.4 is 3.71 Å². The molecule has 0 aliphatic rings. The third-order valence-electron chi connectivity index (χ3n) is 1.37. The quantitative estimate of drug-likeness (QED) is 0.670. The van der Waals surface area contributed by atoms with Gasteiger partial charge in [0.05, 0.1) is 0 Å². The second-order valence-electron chi connectivity index (χ2n) is 3.53. The molecule has 0 aliphatic heterocycles. The molecule has 0 N–H and O–H groups in total. The van der Waals surface area contributed by atoms with Crippen LogP contribution in [0.1, 0.15) is 0 Å². The Bertz CT molecular complexity index is 223. The topological polar surface area (TPSA) is 30.7 Å². The predicted molar refractivity (Wildman–Crippen MR) is 44.0 cm³/mol. The van der Waals surface area contributed by atoms with Crippen LogP contribution in [0.15, 0.2) is 6.20 Å². The van der Waals surface area contributed by atoms with Crippen LogP contribution >= 0.6 is 0 Å². The molecule has 0 spiro atoms. The first-order valence-electron chi connectivity index (χ1n) is 3.37. The first-order valence-corrected chi connectivity index (χ1v) is 13.4. The van der Waals surface area contributed by atoms with Crippen molar-refractivity contribution < 1.29 is 0 Å². The number of aromatic nitrogens is 3. The molecule has 1 heterocycles. The van der Waals surface area contributed by atoms with Gasteiger partial charge in [-0.3, -0.25) is 0 Å². The number of hydrogen-bond acceptors (Lipinski definition) is 2. The van der Waals surface area contributed by atoms with Gasteiger partial charge in [0, 0.05) is 0 Å². The SMILES string of the molecule is Cn1c[c]([Sn]([CH3])([CH3])[CH3])nn1. The van der Waals surface area contributed by atoms with Crippen molar-refractivity contribution in [2.75, 3.05) is 0 Å². The Hall–Kier alpha value is -0.0613. The van der Waals surface area contributed by atoms with Crippen LogP contribution in [0, 0.1) is 0 Å². The van der Waals surface area contributed by atoms with E-state index >= 15 is 0 Å². The van der Waals surface area contributed by atoms with Crippen molar-refractivity contribution in [1.29, 1.82) is 0 Å². The molecular formula is C6H13N3Sn. The average Bonchev–Trinajstić information content (AvgIpc) is 2.11. The summed E-state index contributed by atoms with van der Waals surface area (Å²) in [4.78, 5) is 7.00. The van der Waals surface area contributed by atoms with Gasteiger partial charge in [-0.2, -0.15) is 0 Å². The first-order chi connectivity index (χ1) is 4.50. The van der Waals surface area contributed by atoms with Crippen LogP contribution in [0.5, 0.6) is 0 Å². The molecule has 1 aromatic heterocycles. The minimum absolute atomic E-state index is 1.25. The maximum atomic E-state index is 4.09. The molecule has 0 atom stereocenters. The minimum atomic E-state index is -1.89. The number of aryl methyl sites for hydroxylation is 1. The fourth-order valence-electron chi connectivity index (χ4n) is 0.691. The van der Waals surface area contributed by atoms with Gasteiger partial charge in [-0.25, -0.2) is 0 Å². The molecular weight excluding hydrogens is 233 g/mol. The average molecular weight is 246 g/mol. The summed E-state index contributed by atoms with van der Waals surface area (Å²) in [7, 11) is 1.91. The van der Waals surface area contributed by atoms with Crippen LogP contribution in [-0.4, -0.2) is 33.4 Å². The fourth-order valence-corrected chi connectivity index (χ4v) is 3.31. The standard InChI is InChI=1S/C3H4N3.3CH3.Sn/c1-6-3-2-4-5-6;;;;/h3H,1H3;3*1H3;. The molecule has 0 fully saturated rings. The van der Waals surface area contributed by atoms with E-state index in [4.69, 9.17) is 0 Å². The van der Waals surface area contributed by atoms with Crippen molar-refractivity contribution >= 4 is 22.1 Å². The molecule has 0 amide bonds. The zero-order valence-corrected chi connectivity index (χ0v) is 9.77. The second kappa shape index (κ2) is 2.52. The van der Waals surface area contributed by atoms with Crippen molar-refractivity contribution in [3.63, 3.8) is 0 Å². The van der Waals surface area contributed by atoms with E-state index in [0.29, 0.717) is 0 Å². The number of nitrogens with zero attached hydrogens (tertiary/aromatic N) is 3. The van der Waals surface area contributed by atoms with Gasteiger partial charge in [0.1, 0.15) is 0 Å². The van der Waals surface area contributed by atoms with E-state index in [1.807, 2.05) is 13.2 Å². The molecule has 0 saturated heterocycles. The van der Waals surface area contributed by atoms with Crippen LogP contribution in [-0.2, 0) is 7.05 Å². The van der Waals surface area contributed by atoms with Gasteiger partial charge in [-0.05, 0) is 0 Å². The van der Waals surface area contributed by atoms with Crippen molar-refractivity contribution in [3.8, 4) is 0 Å². The van der Waals surface area contributed by atoms with E-state index < -0.39 is 18.4 Å². The zero-order valence-electron chi connectivity index (χ0n) is 6.92. The van der Waals surface area contributed by atoms with E-state index in [9.17, 15) is 0 Å². The molecule has 1 rings (SSSR count). The van der Waals surface area contributed by atoms with Gasteiger partial charge in [0.15, 0.2) is 0 Å². The van der Waals surface area contributed by atoms with Gasteiger partial charge in [0.25, 0.3) is 0 Å². The molecule has 0 aromatic carbocycles. The van der Waals surface area contributed by atoms with Crippen molar-refractivity contribution in [2.45, 2.75) is 14.8 Å². The summed E-state index contributed by atoms with van der Waals surface area (Å²) in [5, 5.41) is 8.00.